The molecule has 0 radical (unpaired) electrons. The summed E-state index contributed by atoms with van der Waals surface area (Å²) in [5, 5.41) is 0. The molecular formula is C18H25BrN2O3S. The van der Waals surface area contributed by atoms with Crippen molar-refractivity contribution in [1.29, 1.82) is 0 Å². The smallest absolute Gasteiger partial charge is 0.242 e. The van der Waals surface area contributed by atoms with Crippen LogP contribution in [-0.2, 0) is 21.2 Å². The number of amides is 1. The molecule has 1 saturated carbocycles. The first kappa shape index (κ1) is 18.9. The molecule has 1 amide bonds. The summed E-state index contributed by atoms with van der Waals surface area (Å²) < 4.78 is 29.4. The Hall–Kier alpha value is -0.920. The van der Waals surface area contributed by atoms with E-state index in [9.17, 15) is 13.2 Å². The normalized spacial score (nSPS) is 23.6. The van der Waals surface area contributed by atoms with Gasteiger partial charge in [0.05, 0.1) is 4.90 Å². The third-order valence-corrected chi connectivity index (χ3v) is 7.79. The summed E-state index contributed by atoms with van der Waals surface area (Å²) in [6.07, 6.45) is 5.32. The number of hydrogen-bond donors (Lipinski definition) is 1. The molecular weight excluding hydrogens is 404 g/mol. The zero-order valence-electron chi connectivity index (χ0n) is 14.7. The van der Waals surface area contributed by atoms with Gasteiger partial charge >= 0.3 is 0 Å². The van der Waals surface area contributed by atoms with Gasteiger partial charge < -0.3 is 4.90 Å². The minimum absolute atomic E-state index is 0.0210. The summed E-state index contributed by atoms with van der Waals surface area (Å²) in [7, 11) is -3.64. The number of carbonyl (C=O) groups excluding carboxylic acids is 1. The molecule has 1 aliphatic heterocycles. The van der Waals surface area contributed by atoms with Crippen LogP contribution in [0.1, 0.15) is 51.5 Å². The highest BCUT2D eigenvalue weighted by Gasteiger charge is 2.31. The quantitative estimate of drug-likeness (QED) is 0.796. The number of hydrogen-bond acceptors (Lipinski definition) is 3. The molecule has 0 bridgehead atoms. The second kappa shape index (κ2) is 7.37. The Kier molecular flexibility index (Phi) is 5.56. The number of anilines is 1. The Bertz CT molecular complexity index is 779. The lowest BCUT2D eigenvalue weighted by molar-refractivity contribution is -0.118. The van der Waals surface area contributed by atoms with Gasteiger partial charge in [0, 0.05) is 29.2 Å². The van der Waals surface area contributed by atoms with Crippen LogP contribution < -0.4 is 9.62 Å². The largest absolute Gasteiger partial charge is 0.312 e. The second-order valence-electron chi connectivity index (χ2n) is 7.05. The average molecular weight is 429 g/mol. The SMILES string of the molecule is CCC(=O)N1CCc2cc(Br)c(S(=O)(=O)N[C@H]3CCCC[C@H]3C)cc21. The first-order valence-electron chi connectivity index (χ1n) is 8.98. The Morgan fingerprint density at radius 1 is 1.32 bits per heavy atom. The van der Waals surface area contributed by atoms with Crippen molar-refractivity contribution in [1.82, 2.24) is 4.72 Å². The minimum atomic E-state index is -3.64. The summed E-state index contributed by atoms with van der Waals surface area (Å²) >= 11 is 3.42. The fourth-order valence-electron chi connectivity index (χ4n) is 3.80. The van der Waals surface area contributed by atoms with Gasteiger partial charge in [-0.05, 0) is 58.8 Å². The summed E-state index contributed by atoms with van der Waals surface area (Å²) in [5.74, 6) is 0.369. The molecule has 0 aromatic heterocycles. The topological polar surface area (TPSA) is 66.5 Å². The Morgan fingerprint density at radius 2 is 2.04 bits per heavy atom. The summed E-state index contributed by atoms with van der Waals surface area (Å²) in [6.45, 7) is 4.54. The molecule has 1 aromatic carbocycles. The van der Waals surface area contributed by atoms with Crippen molar-refractivity contribution in [3.63, 3.8) is 0 Å². The molecule has 1 heterocycles. The molecule has 3 rings (SSSR count). The van der Waals surface area contributed by atoms with Gasteiger partial charge in [-0.25, -0.2) is 13.1 Å². The Balaban J connectivity index is 1.92. The molecule has 7 heteroatoms. The number of carbonyl (C=O) groups is 1. The predicted octanol–water partition coefficient (Wildman–Crippen LogP) is 3.61. The van der Waals surface area contributed by atoms with E-state index >= 15 is 0 Å². The van der Waals surface area contributed by atoms with E-state index in [1.54, 1.807) is 11.0 Å². The molecule has 5 nitrogen and oxygen atoms in total. The molecule has 0 spiro atoms. The highest BCUT2D eigenvalue weighted by atomic mass is 79.9. The van der Waals surface area contributed by atoms with E-state index in [4.69, 9.17) is 0 Å². The Morgan fingerprint density at radius 3 is 2.72 bits per heavy atom. The van der Waals surface area contributed by atoms with Crippen molar-refractivity contribution in [2.45, 2.75) is 63.3 Å². The molecule has 1 aliphatic carbocycles. The zero-order chi connectivity index (χ0) is 18.2. The van der Waals surface area contributed by atoms with Crippen molar-refractivity contribution >= 4 is 37.5 Å². The Labute approximate surface area is 158 Å². The van der Waals surface area contributed by atoms with Crippen molar-refractivity contribution in [3.05, 3.63) is 22.2 Å². The summed E-state index contributed by atoms with van der Waals surface area (Å²) in [5.41, 5.74) is 1.74. The molecule has 1 N–H and O–H groups in total. The lowest BCUT2D eigenvalue weighted by atomic mass is 9.87. The maximum atomic E-state index is 13.0. The van der Waals surface area contributed by atoms with E-state index in [0.29, 0.717) is 23.4 Å². The molecule has 2 aliphatic rings. The van der Waals surface area contributed by atoms with Crippen molar-refractivity contribution < 1.29 is 13.2 Å². The number of nitrogens with zero attached hydrogens (tertiary/aromatic N) is 1. The van der Waals surface area contributed by atoms with E-state index in [2.05, 4.69) is 27.6 Å². The maximum Gasteiger partial charge on any atom is 0.242 e. The van der Waals surface area contributed by atoms with Gasteiger partial charge in [0.25, 0.3) is 0 Å². The van der Waals surface area contributed by atoms with Gasteiger partial charge in [0.1, 0.15) is 0 Å². The standard InChI is InChI=1S/C18H25BrN2O3S/c1-3-18(22)21-9-8-13-10-14(19)17(11-16(13)21)25(23,24)20-15-7-5-4-6-12(15)2/h10-12,15,20H,3-9H2,1-2H3/t12-,15+/m1/s1. The third-order valence-electron chi connectivity index (χ3n) is 5.34. The van der Waals surface area contributed by atoms with E-state index in [-0.39, 0.29) is 16.8 Å². The molecule has 0 unspecified atom stereocenters. The predicted molar refractivity (Wildman–Crippen MR) is 102 cm³/mol. The van der Waals surface area contributed by atoms with Crippen LogP contribution in [0.3, 0.4) is 0 Å². The third kappa shape index (κ3) is 3.78. The lowest BCUT2D eigenvalue weighted by Crippen LogP contribution is -2.41. The fraction of sp³-hybridized carbons (Fsp3) is 0.611. The fourth-order valence-corrected chi connectivity index (χ4v) is 6.29. The van der Waals surface area contributed by atoms with E-state index in [1.165, 1.54) is 0 Å². The number of halogens is 1. The number of nitrogens with one attached hydrogen (secondary N) is 1. The van der Waals surface area contributed by atoms with Gasteiger partial charge in [0.2, 0.25) is 15.9 Å². The van der Waals surface area contributed by atoms with Gasteiger partial charge in [0.15, 0.2) is 0 Å². The molecule has 25 heavy (non-hydrogen) atoms. The monoisotopic (exact) mass is 428 g/mol. The number of benzene rings is 1. The van der Waals surface area contributed by atoms with Crippen molar-refractivity contribution in [2.75, 3.05) is 11.4 Å². The van der Waals surface area contributed by atoms with E-state index < -0.39 is 10.0 Å². The number of sulfonamides is 1. The molecule has 138 valence electrons. The molecule has 0 saturated heterocycles. The highest BCUT2D eigenvalue weighted by molar-refractivity contribution is 9.10. The van der Waals surface area contributed by atoms with Crippen LogP contribution in [0.15, 0.2) is 21.5 Å². The van der Waals surface area contributed by atoms with Gasteiger partial charge in [-0.15, -0.1) is 0 Å². The lowest BCUT2D eigenvalue weighted by Gasteiger charge is -2.29. The van der Waals surface area contributed by atoms with Crippen LogP contribution in [-0.4, -0.2) is 26.9 Å². The van der Waals surface area contributed by atoms with Crippen LogP contribution in [0.5, 0.6) is 0 Å². The zero-order valence-corrected chi connectivity index (χ0v) is 17.1. The van der Waals surface area contributed by atoms with E-state index in [1.807, 2.05) is 13.0 Å². The first-order chi connectivity index (χ1) is 11.8. The summed E-state index contributed by atoms with van der Waals surface area (Å²) in [4.78, 5) is 14.1. The van der Waals surface area contributed by atoms with Gasteiger partial charge in [-0.3, -0.25) is 4.79 Å². The van der Waals surface area contributed by atoms with Gasteiger partial charge in [-0.2, -0.15) is 0 Å². The number of rotatable bonds is 4. The van der Waals surface area contributed by atoms with Crippen LogP contribution in [0, 0.1) is 5.92 Å². The van der Waals surface area contributed by atoms with Crippen LogP contribution in [0.25, 0.3) is 0 Å². The molecule has 1 aromatic rings. The minimum Gasteiger partial charge on any atom is -0.312 e. The maximum absolute atomic E-state index is 13.0. The van der Waals surface area contributed by atoms with E-state index in [0.717, 1.165) is 43.4 Å². The van der Waals surface area contributed by atoms with Crippen LogP contribution in [0.2, 0.25) is 0 Å². The van der Waals surface area contributed by atoms with Gasteiger partial charge in [-0.1, -0.05) is 26.7 Å². The van der Waals surface area contributed by atoms with Crippen molar-refractivity contribution in [2.24, 2.45) is 5.92 Å². The second-order valence-corrected chi connectivity index (χ2v) is 9.59. The number of fused-ring (bicyclic) bond motifs is 1. The van der Waals surface area contributed by atoms with Crippen LogP contribution in [0.4, 0.5) is 5.69 Å². The summed E-state index contributed by atoms with van der Waals surface area (Å²) in [6, 6.07) is 3.47. The molecule has 1 fully saturated rings. The van der Waals surface area contributed by atoms with Crippen LogP contribution >= 0.6 is 15.9 Å². The first-order valence-corrected chi connectivity index (χ1v) is 11.3. The van der Waals surface area contributed by atoms with Crippen molar-refractivity contribution in [3.8, 4) is 0 Å². The highest BCUT2D eigenvalue weighted by Crippen LogP contribution is 2.36. The average Bonchev–Trinajstić information content (AvgIpc) is 2.98. The molecule has 2 atom stereocenters.